The summed E-state index contributed by atoms with van der Waals surface area (Å²) in [5.74, 6) is 0.00717. The zero-order valence-corrected chi connectivity index (χ0v) is 9.23. The molecule has 1 atom stereocenters. The molecular weight excluding hydrogens is 202 g/mol. The quantitative estimate of drug-likeness (QED) is 0.522. The third-order valence-electron chi connectivity index (χ3n) is 1.60. The van der Waals surface area contributed by atoms with Crippen LogP contribution in [0.4, 0.5) is 0 Å². The highest BCUT2D eigenvalue weighted by molar-refractivity contribution is 7.98. The minimum Gasteiger partial charge on any atom is -0.467 e. The normalized spacial score (nSPS) is 11.6. The van der Waals surface area contributed by atoms with E-state index in [9.17, 15) is 9.59 Å². The number of hydrogen-bond acceptors (Lipinski definition) is 4. The van der Waals surface area contributed by atoms with Gasteiger partial charge < -0.3 is 10.1 Å². The molecule has 0 aromatic rings. The van der Waals surface area contributed by atoms with Gasteiger partial charge in [0.15, 0.2) is 0 Å². The molecule has 0 aliphatic rings. The Morgan fingerprint density at radius 3 is 2.71 bits per heavy atom. The van der Waals surface area contributed by atoms with Gasteiger partial charge in [0.1, 0.15) is 6.04 Å². The molecule has 0 rings (SSSR count). The summed E-state index contributed by atoms with van der Waals surface area (Å²) in [5, 5.41) is 2.51. The maximum atomic E-state index is 11.2. The lowest BCUT2D eigenvalue weighted by molar-refractivity contribution is -0.144. The summed E-state index contributed by atoms with van der Waals surface area (Å²) in [7, 11) is 1.30. The summed E-state index contributed by atoms with van der Waals surface area (Å²) in [6.07, 6.45) is 3.63. The number of esters is 1. The van der Waals surface area contributed by atoms with E-state index in [2.05, 4.69) is 16.6 Å². The summed E-state index contributed by atoms with van der Waals surface area (Å²) in [6, 6.07) is -0.571. The van der Waals surface area contributed by atoms with E-state index in [1.54, 1.807) is 11.8 Å². The maximum Gasteiger partial charge on any atom is 0.328 e. The Labute approximate surface area is 88.1 Å². The SMILES string of the molecule is C=CC(=O)N[C@@H](CCSC)C(=O)OC. The zero-order valence-electron chi connectivity index (χ0n) is 8.41. The molecule has 4 nitrogen and oxygen atoms in total. The van der Waals surface area contributed by atoms with Crippen LogP contribution < -0.4 is 5.32 Å². The van der Waals surface area contributed by atoms with Crippen LogP contribution in [0.15, 0.2) is 12.7 Å². The molecule has 1 N–H and O–H groups in total. The van der Waals surface area contributed by atoms with Crippen molar-refractivity contribution in [1.29, 1.82) is 0 Å². The zero-order chi connectivity index (χ0) is 11.0. The van der Waals surface area contributed by atoms with Crippen LogP contribution in [0.2, 0.25) is 0 Å². The molecule has 0 aliphatic heterocycles. The first-order valence-electron chi connectivity index (χ1n) is 4.15. The second kappa shape index (κ2) is 7.44. The molecule has 0 unspecified atom stereocenters. The summed E-state index contributed by atoms with van der Waals surface area (Å²) >= 11 is 1.61. The molecule has 0 aromatic carbocycles. The van der Waals surface area contributed by atoms with Gasteiger partial charge in [0.25, 0.3) is 0 Å². The van der Waals surface area contributed by atoms with Crippen molar-refractivity contribution in [3.8, 4) is 0 Å². The first-order chi connectivity index (χ1) is 6.65. The van der Waals surface area contributed by atoms with Gasteiger partial charge in [0, 0.05) is 0 Å². The molecule has 0 saturated heterocycles. The molecule has 0 bridgehead atoms. The van der Waals surface area contributed by atoms with Crippen molar-refractivity contribution in [1.82, 2.24) is 5.32 Å². The largest absolute Gasteiger partial charge is 0.467 e. The predicted molar refractivity (Wildman–Crippen MR) is 57.1 cm³/mol. The Hall–Kier alpha value is -0.970. The van der Waals surface area contributed by atoms with E-state index in [1.165, 1.54) is 7.11 Å². The lowest BCUT2D eigenvalue weighted by Gasteiger charge is -2.14. The van der Waals surface area contributed by atoms with Crippen LogP contribution >= 0.6 is 11.8 Å². The Kier molecular flexibility index (Phi) is 6.92. The number of thioether (sulfide) groups is 1. The van der Waals surface area contributed by atoms with Gasteiger partial charge in [-0.1, -0.05) is 6.58 Å². The highest BCUT2D eigenvalue weighted by Gasteiger charge is 2.19. The van der Waals surface area contributed by atoms with Crippen LogP contribution in [0.1, 0.15) is 6.42 Å². The standard InChI is InChI=1S/C9H15NO3S/c1-4-8(11)10-7(5-6-14-3)9(12)13-2/h4,7H,1,5-6H2,2-3H3,(H,10,11)/t7-/m0/s1. The van der Waals surface area contributed by atoms with Crippen LogP contribution in [0.5, 0.6) is 0 Å². The van der Waals surface area contributed by atoms with E-state index in [0.29, 0.717) is 6.42 Å². The second-order valence-corrected chi connectivity index (χ2v) is 3.56. The topological polar surface area (TPSA) is 55.4 Å². The molecule has 5 heteroatoms. The summed E-state index contributed by atoms with van der Waals surface area (Å²) in [6.45, 7) is 3.31. The number of ether oxygens (including phenoxy) is 1. The molecule has 0 aromatic heterocycles. The molecule has 0 fully saturated rings. The van der Waals surface area contributed by atoms with Crippen LogP contribution in [-0.2, 0) is 14.3 Å². The van der Waals surface area contributed by atoms with Crippen molar-refractivity contribution in [2.24, 2.45) is 0 Å². The average Bonchev–Trinajstić information content (AvgIpc) is 2.22. The molecule has 0 radical (unpaired) electrons. The van der Waals surface area contributed by atoms with Crippen molar-refractivity contribution in [2.45, 2.75) is 12.5 Å². The molecule has 1 amide bonds. The molecule has 14 heavy (non-hydrogen) atoms. The minimum absolute atomic E-state index is 0.360. The Bertz CT molecular complexity index is 218. The van der Waals surface area contributed by atoms with Gasteiger partial charge >= 0.3 is 5.97 Å². The highest BCUT2D eigenvalue weighted by Crippen LogP contribution is 2.02. The van der Waals surface area contributed by atoms with Crippen molar-refractivity contribution in [3.63, 3.8) is 0 Å². The van der Waals surface area contributed by atoms with Gasteiger partial charge in [-0.15, -0.1) is 0 Å². The van der Waals surface area contributed by atoms with E-state index in [-0.39, 0.29) is 5.91 Å². The number of rotatable bonds is 6. The van der Waals surface area contributed by atoms with Crippen LogP contribution in [-0.4, -0.2) is 37.0 Å². The number of carbonyl (C=O) groups excluding carboxylic acids is 2. The number of amides is 1. The predicted octanol–water partition coefficient (Wildman–Crippen LogP) is 0.583. The maximum absolute atomic E-state index is 11.2. The second-order valence-electron chi connectivity index (χ2n) is 2.57. The molecule has 0 heterocycles. The fraction of sp³-hybridized carbons (Fsp3) is 0.556. The van der Waals surface area contributed by atoms with Crippen LogP contribution in [0.25, 0.3) is 0 Å². The van der Waals surface area contributed by atoms with Crippen molar-refractivity contribution in [2.75, 3.05) is 19.1 Å². The monoisotopic (exact) mass is 217 g/mol. The molecule has 0 spiro atoms. The van der Waals surface area contributed by atoms with Gasteiger partial charge in [-0.3, -0.25) is 4.79 Å². The van der Waals surface area contributed by atoms with E-state index in [0.717, 1.165) is 11.8 Å². The van der Waals surface area contributed by atoms with Gasteiger partial charge in [-0.2, -0.15) is 11.8 Å². The molecular formula is C9H15NO3S. The number of nitrogens with one attached hydrogen (secondary N) is 1. The lowest BCUT2D eigenvalue weighted by atomic mass is 10.2. The van der Waals surface area contributed by atoms with E-state index in [4.69, 9.17) is 0 Å². The third kappa shape index (κ3) is 4.91. The number of hydrogen-bond donors (Lipinski definition) is 1. The summed E-state index contributed by atoms with van der Waals surface area (Å²) < 4.78 is 4.56. The first kappa shape index (κ1) is 13.0. The molecule has 80 valence electrons. The Morgan fingerprint density at radius 1 is 1.64 bits per heavy atom. The Morgan fingerprint density at radius 2 is 2.29 bits per heavy atom. The van der Waals surface area contributed by atoms with E-state index >= 15 is 0 Å². The summed E-state index contributed by atoms with van der Waals surface area (Å²) in [4.78, 5) is 22.2. The van der Waals surface area contributed by atoms with Crippen LogP contribution in [0.3, 0.4) is 0 Å². The van der Waals surface area contributed by atoms with Gasteiger partial charge in [-0.05, 0) is 24.5 Å². The van der Waals surface area contributed by atoms with Crippen molar-refractivity contribution >= 4 is 23.6 Å². The number of methoxy groups -OCH3 is 1. The average molecular weight is 217 g/mol. The third-order valence-corrected chi connectivity index (χ3v) is 2.24. The summed E-state index contributed by atoms with van der Waals surface area (Å²) in [5.41, 5.74) is 0. The van der Waals surface area contributed by atoms with E-state index in [1.807, 2.05) is 6.26 Å². The van der Waals surface area contributed by atoms with Crippen molar-refractivity contribution < 1.29 is 14.3 Å². The fourth-order valence-corrected chi connectivity index (χ4v) is 1.33. The van der Waals surface area contributed by atoms with Gasteiger partial charge in [0.2, 0.25) is 5.91 Å². The van der Waals surface area contributed by atoms with Crippen LogP contribution in [0, 0.1) is 0 Å². The lowest BCUT2D eigenvalue weighted by Crippen LogP contribution is -2.41. The van der Waals surface area contributed by atoms with Gasteiger partial charge in [-0.25, -0.2) is 4.79 Å². The molecule has 0 saturated carbocycles. The van der Waals surface area contributed by atoms with Crippen molar-refractivity contribution in [3.05, 3.63) is 12.7 Å². The Balaban J connectivity index is 4.16. The first-order valence-corrected chi connectivity index (χ1v) is 5.54. The van der Waals surface area contributed by atoms with Gasteiger partial charge in [0.05, 0.1) is 7.11 Å². The smallest absolute Gasteiger partial charge is 0.328 e. The van der Waals surface area contributed by atoms with E-state index < -0.39 is 12.0 Å². The minimum atomic E-state index is -0.571. The fourth-order valence-electron chi connectivity index (χ4n) is 0.858. The highest BCUT2D eigenvalue weighted by atomic mass is 32.2. The number of carbonyl (C=O) groups is 2. The molecule has 0 aliphatic carbocycles.